The van der Waals surface area contributed by atoms with Crippen molar-refractivity contribution in [3.05, 3.63) is 41.3 Å². The molecule has 1 saturated carbocycles. The number of aryl methyl sites for hydroxylation is 2. The second kappa shape index (κ2) is 5.33. The summed E-state index contributed by atoms with van der Waals surface area (Å²) in [4.78, 5) is 0. The van der Waals surface area contributed by atoms with E-state index in [9.17, 15) is 0 Å². The van der Waals surface area contributed by atoms with E-state index < -0.39 is 0 Å². The summed E-state index contributed by atoms with van der Waals surface area (Å²) in [5.74, 6) is 1.96. The van der Waals surface area contributed by atoms with Crippen LogP contribution in [-0.2, 0) is 6.54 Å². The zero-order chi connectivity index (χ0) is 14.1. The number of methoxy groups -OCH3 is 1. The molecule has 3 heteroatoms. The van der Waals surface area contributed by atoms with Crippen LogP contribution in [0.4, 0.5) is 0 Å². The minimum Gasteiger partial charge on any atom is -0.496 e. The number of hydrogen-bond donors (Lipinski definition) is 1. The van der Waals surface area contributed by atoms with Crippen LogP contribution in [0.1, 0.15) is 29.7 Å². The summed E-state index contributed by atoms with van der Waals surface area (Å²) >= 11 is 0. The molecule has 2 aromatic rings. The second-order valence-electron chi connectivity index (χ2n) is 5.55. The summed E-state index contributed by atoms with van der Waals surface area (Å²) in [6, 6.07) is 7.01. The van der Waals surface area contributed by atoms with Gasteiger partial charge < -0.3 is 14.5 Å². The Kier molecular flexibility index (Phi) is 3.53. The predicted octanol–water partition coefficient (Wildman–Crippen LogP) is 3.82. The Bertz CT molecular complexity index is 611. The number of hydrogen-bond acceptors (Lipinski definition) is 3. The van der Waals surface area contributed by atoms with Gasteiger partial charge in [-0.05, 0) is 61.6 Å². The molecule has 1 heterocycles. The SMILES string of the molecule is COc1cc(C)c(-c2ccoc2CNC2CC2)cc1C. The lowest BCUT2D eigenvalue weighted by Gasteiger charge is -2.12. The molecular formula is C17H21NO2. The molecule has 0 radical (unpaired) electrons. The molecular weight excluding hydrogens is 250 g/mol. The average Bonchev–Trinajstić information content (AvgIpc) is 3.16. The Morgan fingerprint density at radius 1 is 1.20 bits per heavy atom. The van der Waals surface area contributed by atoms with Gasteiger partial charge in [0.05, 0.1) is 19.9 Å². The number of ether oxygens (including phenoxy) is 1. The normalized spacial score (nSPS) is 14.6. The third-order valence-corrected chi connectivity index (χ3v) is 3.91. The molecule has 0 amide bonds. The molecule has 0 aliphatic heterocycles. The van der Waals surface area contributed by atoms with Gasteiger partial charge in [0.15, 0.2) is 0 Å². The van der Waals surface area contributed by atoms with Gasteiger partial charge in [-0.15, -0.1) is 0 Å². The molecule has 106 valence electrons. The molecule has 1 aromatic heterocycles. The molecule has 1 fully saturated rings. The Morgan fingerprint density at radius 3 is 2.70 bits per heavy atom. The van der Waals surface area contributed by atoms with Crippen molar-refractivity contribution in [2.45, 2.75) is 39.3 Å². The summed E-state index contributed by atoms with van der Waals surface area (Å²) in [6.07, 6.45) is 4.35. The van der Waals surface area contributed by atoms with Crippen LogP contribution in [0.5, 0.6) is 5.75 Å². The zero-order valence-corrected chi connectivity index (χ0v) is 12.3. The van der Waals surface area contributed by atoms with E-state index >= 15 is 0 Å². The maximum absolute atomic E-state index is 5.65. The van der Waals surface area contributed by atoms with Crippen molar-refractivity contribution < 1.29 is 9.15 Å². The fourth-order valence-corrected chi connectivity index (χ4v) is 2.54. The quantitative estimate of drug-likeness (QED) is 0.897. The first-order valence-corrected chi connectivity index (χ1v) is 7.14. The zero-order valence-electron chi connectivity index (χ0n) is 12.3. The molecule has 0 atom stereocenters. The van der Waals surface area contributed by atoms with Crippen molar-refractivity contribution in [1.29, 1.82) is 0 Å². The third kappa shape index (κ3) is 2.59. The largest absolute Gasteiger partial charge is 0.496 e. The summed E-state index contributed by atoms with van der Waals surface area (Å²) in [5, 5.41) is 3.51. The van der Waals surface area contributed by atoms with Crippen molar-refractivity contribution >= 4 is 0 Å². The predicted molar refractivity (Wildman–Crippen MR) is 80.0 cm³/mol. The molecule has 1 aliphatic rings. The average molecular weight is 271 g/mol. The summed E-state index contributed by atoms with van der Waals surface area (Å²) in [5.41, 5.74) is 4.77. The molecule has 1 N–H and O–H groups in total. The molecule has 0 bridgehead atoms. The van der Waals surface area contributed by atoms with Crippen LogP contribution < -0.4 is 10.1 Å². The smallest absolute Gasteiger partial charge is 0.125 e. The molecule has 1 aliphatic carbocycles. The highest BCUT2D eigenvalue weighted by Gasteiger charge is 2.21. The van der Waals surface area contributed by atoms with Crippen LogP contribution in [0.15, 0.2) is 28.9 Å². The Labute approximate surface area is 119 Å². The second-order valence-corrected chi connectivity index (χ2v) is 5.55. The van der Waals surface area contributed by atoms with Crippen molar-refractivity contribution in [2.75, 3.05) is 7.11 Å². The van der Waals surface area contributed by atoms with Crippen LogP contribution in [0.25, 0.3) is 11.1 Å². The highest BCUT2D eigenvalue weighted by Crippen LogP contribution is 2.33. The van der Waals surface area contributed by atoms with E-state index in [1.165, 1.54) is 29.5 Å². The summed E-state index contributed by atoms with van der Waals surface area (Å²) < 4.78 is 11.0. The topological polar surface area (TPSA) is 34.4 Å². The molecule has 0 spiro atoms. The Morgan fingerprint density at radius 2 is 2.00 bits per heavy atom. The lowest BCUT2D eigenvalue weighted by molar-refractivity contribution is 0.411. The molecule has 3 rings (SSSR count). The van der Waals surface area contributed by atoms with Gasteiger partial charge in [-0.25, -0.2) is 0 Å². The van der Waals surface area contributed by atoms with E-state index in [-0.39, 0.29) is 0 Å². The minimum absolute atomic E-state index is 0.687. The van der Waals surface area contributed by atoms with E-state index in [1.807, 2.05) is 0 Å². The van der Waals surface area contributed by atoms with Gasteiger partial charge in [0, 0.05) is 11.6 Å². The van der Waals surface area contributed by atoms with E-state index in [2.05, 4.69) is 37.4 Å². The van der Waals surface area contributed by atoms with Crippen LogP contribution in [0, 0.1) is 13.8 Å². The molecule has 3 nitrogen and oxygen atoms in total. The van der Waals surface area contributed by atoms with E-state index in [0.29, 0.717) is 6.04 Å². The number of benzene rings is 1. The monoisotopic (exact) mass is 271 g/mol. The first-order valence-electron chi connectivity index (χ1n) is 7.14. The van der Waals surface area contributed by atoms with Crippen LogP contribution in [-0.4, -0.2) is 13.2 Å². The van der Waals surface area contributed by atoms with Gasteiger partial charge in [0.1, 0.15) is 11.5 Å². The van der Waals surface area contributed by atoms with Crippen molar-refractivity contribution in [3.63, 3.8) is 0 Å². The van der Waals surface area contributed by atoms with Gasteiger partial charge in [-0.2, -0.15) is 0 Å². The maximum atomic E-state index is 5.65. The molecule has 0 saturated heterocycles. The summed E-state index contributed by atoms with van der Waals surface area (Å²) in [6.45, 7) is 4.99. The highest BCUT2D eigenvalue weighted by molar-refractivity contribution is 5.71. The molecule has 1 aromatic carbocycles. The van der Waals surface area contributed by atoms with Gasteiger partial charge in [-0.1, -0.05) is 0 Å². The lowest BCUT2D eigenvalue weighted by atomic mass is 9.98. The molecule has 20 heavy (non-hydrogen) atoms. The van der Waals surface area contributed by atoms with Crippen molar-refractivity contribution in [2.24, 2.45) is 0 Å². The maximum Gasteiger partial charge on any atom is 0.125 e. The first kappa shape index (κ1) is 13.3. The van der Waals surface area contributed by atoms with Crippen LogP contribution >= 0.6 is 0 Å². The Balaban J connectivity index is 1.91. The van der Waals surface area contributed by atoms with Gasteiger partial charge in [0.2, 0.25) is 0 Å². The number of furan rings is 1. The van der Waals surface area contributed by atoms with Crippen molar-refractivity contribution in [1.82, 2.24) is 5.32 Å². The van der Waals surface area contributed by atoms with Gasteiger partial charge in [0.25, 0.3) is 0 Å². The fourth-order valence-electron chi connectivity index (χ4n) is 2.54. The highest BCUT2D eigenvalue weighted by atomic mass is 16.5. The Hall–Kier alpha value is -1.74. The fraction of sp³-hybridized carbons (Fsp3) is 0.412. The van der Waals surface area contributed by atoms with Gasteiger partial charge in [-0.3, -0.25) is 0 Å². The molecule has 0 unspecified atom stereocenters. The number of nitrogens with one attached hydrogen (secondary N) is 1. The van der Waals surface area contributed by atoms with E-state index in [4.69, 9.17) is 9.15 Å². The standard InChI is InChI=1S/C17H21NO2/c1-11-9-16(19-3)12(2)8-15(11)14-6-7-20-17(14)10-18-13-4-5-13/h6-9,13,18H,4-5,10H2,1-3H3. The minimum atomic E-state index is 0.687. The van der Waals surface area contributed by atoms with Crippen molar-refractivity contribution in [3.8, 4) is 16.9 Å². The first-order chi connectivity index (χ1) is 9.69. The number of rotatable bonds is 5. The van der Waals surface area contributed by atoms with Gasteiger partial charge >= 0.3 is 0 Å². The third-order valence-electron chi connectivity index (χ3n) is 3.91. The van der Waals surface area contributed by atoms with E-state index in [1.54, 1.807) is 13.4 Å². The van der Waals surface area contributed by atoms with Crippen LogP contribution in [0.3, 0.4) is 0 Å². The van der Waals surface area contributed by atoms with Crippen LogP contribution in [0.2, 0.25) is 0 Å². The lowest BCUT2D eigenvalue weighted by Crippen LogP contribution is -2.15. The summed E-state index contributed by atoms with van der Waals surface area (Å²) in [7, 11) is 1.71. The van der Waals surface area contributed by atoms with E-state index in [0.717, 1.165) is 23.6 Å².